The van der Waals surface area contributed by atoms with Gasteiger partial charge in [0, 0.05) is 18.3 Å². The molecule has 0 radical (unpaired) electrons. The third-order valence-electron chi connectivity index (χ3n) is 3.56. The second-order valence-corrected chi connectivity index (χ2v) is 5.45. The van der Waals surface area contributed by atoms with Crippen molar-refractivity contribution in [2.24, 2.45) is 11.7 Å². The standard InChI is InChI=1S/C14H19N3OS/c15-13(19)11-6-7-12(16-9-11)14(18)17-8-10-4-2-1-3-5-10/h6-7,9-10H,1-5,8H2,(H2,15,19)(H,17,18). The SMILES string of the molecule is NC(=S)c1ccc(C(=O)NCC2CCCCC2)nc1. The monoisotopic (exact) mass is 277 g/mol. The maximum atomic E-state index is 11.9. The first-order valence-electron chi connectivity index (χ1n) is 6.71. The van der Waals surface area contributed by atoms with E-state index in [0.717, 1.165) is 6.54 Å². The van der Waals surface area contributed by atoms with Gasteiger partial charge in [-0.05, 0) is 30.9 Å². The number of nitrogens with zero attached hydrogens (tertiary/aromatic N) is 1. The number of nitrogens with two attached hydrogens (primary N) is 1. The molecular formula is C14H19N3OS. The zero-order valence-corrected chi connectivity index (χ0v) is 11.7. The largest absolute Gasteiger partial charge is 0.389 e. The Hall–Kier alpha value is -1.49. The number of amides is 1. The number of carbonyl (C=O) groups excluding carboxylic acids is 1. The van der Waals surface area contributed by atoms with Crippen LogP contribution in [0.5, 0.6) is 0 Å². The van der Waals surface area contributed by atoms with Gasteiger partial charge in [-0.2, -0.15) is 0 Å². The molecule has 0 aromatic carbocycles. The van der Waals surface area contributed by atoms with Gasteiger partial charge in [0.1, 0.15) is 10.7 Å². The van der Waals surface area contributed by atoms with Crippen molar-refractivity contribution >= 4 is 23.1 Å². The summed E-state index contributed by atoms with van der Waals surface area (Å²) >= 11 is 4.84. The van der Waals surface area contributed by atoms with E-state index in [1.807, 2.05) is 0 Å². The molecule has 19 heavy (non-hydrogen) atoms. The van der Waals surface area contributed by atoms with Gasteiger partial charge >= 0.3 is 0 Å². The summed E-state index contributed by atoms with van der Waals surface area (Å²) < 4.78 is 0. The van der Waals surface area contributed by atoms with Crippen LogP contribution in [-0.4, -0.2) is 22.4 Å². The van der Waals surface area contributed by atoms with Crippen molar-refractivity contribution in [1.29, 1.82) is 0 Å². The summed E-state index contributed by atoms with van der Waals surface area (Å²) in [4.78, 5) is 16.3. The molecule has 1 aromatic heterocycles. The van der Waals surface area contributed by atoms with E-state index < -0.39 is 0 Å². The van der Waals surface area contributed by atoms with E-state index in [2.05, 4.69) is 10.3 Å². The lowest BCUT2D eigenvalue weighted by atomic mass is 9.89. The second kappa shape index (κ2) is 6.61. The van der Waals surface area contributed by atoms with Crippen molar-refractivity contribution in [1.82, 2.24) is 10.3 Å². The van der Waals surface area contributed by atoms with Crippen molar-refractivity contribution in [2.45, 2.75) is 32.1 Å². The molecule has 0 saturated heterocycles. The van der Waals surface area contributed by atoms with Crippen LogP contribution in [0.2, 0.25) is 0 Å². The quantitative estimate of drug-likeness (QED) is 0.826. The van der Waals surface area contributed by atoms with Crippen molar-refractivity contribution in [3.05, 3.63) is 29.6 Å². The average Bonchev–Trinajstić information content (AvgIpc) is 2.46. The molecule has 0 spiro atoms. The van der Waals surface area contributed by atoms with Gasteiger partial charge < -0.3 is 11.1 Å². The smallest absolute Gasteiger partial charge is 0.269 e. The molecule has 1 amide bonds. The fraction of sp³-hybridized carbons (Fsp3) is 0.500. The number of hydrogen-bond acceptors (Lipinski definition) is 3. The Balaban J connectivity index is 1.86. The third kappa shape index (κ3) is 3.99. The van der Waals surface area contributed by atoms with E-state index >= 15 is 0 Å². The second-order valence-electron chi connectivity index (χ2n) is 5.01. The number of carbonyl (C=O) groups is 1. The minimum Gasteiger partial charge on any atom is -0.389 e. The first-order chi connectivity index (χ1) is 9.16. The normalized spacial score (nSPS) is 16.0. The van der Waals surface area contributed by atoms with Crippen molar-refractivity contribution in [3.63, 3.8) is 0 Å². The van der Waals surface area contributed by atoms with Gasteiger partial charge in [0.2, 0.25) is 0 Å². The first-order valence-corrected chi connectivity index (χ1v) is 7.11. The molecule has 1 heterocycles. The topological polar surface area (TPSA) is 68.0 Å². The van der Waals surface area contributed by atoms with Crippen LogP contribution in [0.3, 0.4) is 0 Å². The van der Waals surface area contributed by atoms with Crippen LogP contribution in [-0.2, 0) is 0 Å². The Labute approximate surface area is 118 Å². The highest BCUT2D eigenvalue weighted by molar-refractivity contribution is 7.80. The third-order valence-corrected chi connectivity index (χ3v) is 3.79. The van der Waals surface area contributed by atoms with E-state index in [1.165, 1.54) is 38.3 Å². The van der Waals surface area contributed by atoms with E-state index in [9.17, 15) is 4.79 Å². The van der Waals surface area contributed by atoms with Crippen LogP contribution in [0.4, 0.5) is 0 Å². The maximum absolute atomic E-state index is 11.9. The summed E-state index contributed by atoms with van der Waals surface area (Å²) in [5, 5.41) is 2.95. The predicted molar refractivity (Wildman–Crippen MR) is 79.0 cm³/mol. The molecule has 1 aliphatic rings. The van der Waals surface area contributed by atoms with Gasteiger partial charge in [0.05, 0.1) is 0 Å². The summed E-state index contributed by atoms with van der Waals surface area (Å²) in [6, 6.07) is 3.38. The predicted octanol–water partition coefficient (Wildman–Crippen LogP) is 2.03. The lowest BCUT2D eigenvalue weighted by Crippen LogP contribution is -2.30. The summed E-state index contributed by atoms with van der Waals surface area (Å²) in [5.41, 5.74) is 6.58. The van der Waals surface area contributed by atoms with Crippen molar-refractivity contribution in [3.8, 4) is 0 Å². The van der Waals surface area contributed by atoms with Gasteiger partial charge in [-0.15, -0.1) is 0 Å². The fourth-order valence-electron chi connectivity index (χ4n) is 2.39. The highest BCUT2D eigenvalue weighted by Gasteiger charge is 2.15. The highest BCUT2D eigenvalue weighted by atomic mass is 32.1. The van der Waals surface area contributed by atoms with E-state index in [4.69, 9.17) is 18.0 Å². The first kappa shape index (κ1) is 13.9. The van der Waals surface area contributed by atoms with Crippen molar-refractivity contribution < 1.29 is 4.79 Å². The number of pyridine rings is 1. The molecule has 0 bridgehead atoms. The fourth-order valence-corrected chi connectivity index (χ4v) is 2.51. The van der Waals surface area contributed by atoms with Crippen LogP contribution in [0.25, 0.3) is 0 Å². The molecule has 2 rings (SSSR count). The summed E-state index contributed by atoms with van der Waals surface area (Å²) in [6.45, 7) is 0.748. The molecule has 102 valence electrons. The number of hydrogen-bond donors (Lipinski definition) is 2. The highest BCUT2D eigenvalue weighted by Crippen LogP contribution is 2.22. The molecule has 1 aromatic rings. The Morgan fingerprint density at radius 2 is 2.11 bits per heavy atom. The van der Waals surface area contributed by atoms with Gasteiger partial charge in [0.25, 0.3) is 5.91 Å². The van der Waals surface area contributed by atoms with E-state index in [0.29, 0.717) is 22.2 Å². The van der Waals surface area contributed by atoms with E-state index in [1.54, 1.807) is 12.1 Å². The van der Waals surface area contributed by atoms with Crippen LogP contribution >= 0.6 is 12.2 Å². The molecule has 1 fully saturated rings. The maximum Gasteiger partial charge on any atom is 0.269 e. The Kier molecular flexibility index (Phi) is 4.85. The van der Waals surface area contributed by atoms with Gasteiger partial charge in [-0.1, -0.05) is 31.5 Å². The van der Waals surface area contributed by atoms with Gasteiger partial charge in [-0.25, -0.2) is 0 Å². The van der Waals surface area contributed by atoms with Crippen LogP contribution < -0.4 is 11.1 Å². The van der Waals surface area contributed by atoms with Gasteiger partial charge in [0.15, 0.2) is 0 Å². The van der Waals surface area contributed by atoms with Gasteiger partial charge in [-0.3, -0.25) is 9.78 Å². The number of rotatable bonds is 4. The Morgan fingerprint density at radius 1 is 1.37 bits per heavy atom. The summed E-state index contributed by atoms with van der Waals surface area (Å²) in [6.07, 6.45) is 7.86. The summed E-state index contributed by atoms with van der Waals surface area (Å²) in [5.74, 6) is 0.494. The molecule has 1 aliphatic carbocycles. The molecule has 3 N–H and O–H groups in total. The zero-order valence-electron chi connectivity index (χ0n) is 10.9. The zero-order chi connectivity index (χ0) is 13.7. The molecular weight excluding hydrogens is 258 g/mol. The lowest BCUT2D eigenvalue weighted by molar-refractivity contribution is 0.0938. The summed E-state index contributed by atoms with van der Waals surface area (Å²) in [7, 11) is 0. The average molecular weight is 277 g/mol. The molecule has 5 heteroatoms. The number of nitrogens with one attached hydrogen (secondary N) is 1. The van der Waals surface area contributed by atoms with Crippen LogP contribution in [0.1, 0.15) is 48.2 Å². The van der Waals surface area contributed by atoms with Crippen LogP contribution in [0.15, 0.2) is 18.3 Å². The minimum absolute atomic E-state index is 0.125. The minimum atomic E-state index is -0.125. The molecule has 4 nitrogen and oxygen atoms in total. The molecule has 0 aliphatic heterocycles. The Morgan fingerprint density at radius 3 is 2.68 bits per heavy atom. The van der Waals surface area contributed by atoms with Crippen molar-refractivity contribution in [2.75, 3.05) is 6.54 Å². The molecule has 1 saturated carbocycles. The van der Waals surface area contributed by atoms with E-state index in [-0.39, 0.29) is 5.91 Å². The van der Waals surface area contributed by atoms with Crippen LogP contribution in [0, 0.1) is 5.92 Å². The number of aromatic nitrogens is 1. The lowest BCUT2D eigenvalue weighted by Gasteiger charge is -2.21. The Bertz CT molecular complexity index is 452. The number of thiocarbonyl (C=S) groups is 1. The molecule has 0 atom stereocenters. The molecule has 0 unspecified atom stereocenters.